The Balaban J connectivity index is 4.09. The van der Waals surface area contributed by atoms with Crippen molar-refractivity contribution in [2.45, 2.75) is 6.41 Å². The van der Waals surface area contributed by atoms with Gasteiger partial charge in [0, 0.05) is 30.6 Å². The van der Waals surface area contributed by atoms with Crippen LogP contribution in [0.25, 0.3) is 0 Å². The van der Waals surface area contributed by atoms with E-state index in [0.717, 1.165) is 15.1 Å². The van der Waals surface area contributed by atoms with E-state index in [1.54, 1.807) is 0 Å². The van der Waals surface area contributed by atoms with Gasteiger partial charge in [0.15, 0.2) is 0 Å². The Hall–Kier alpha value is -0.593. The first-order chi connectivity index (χ1) is 5.17. The molecule has 0 unspecified atom stereocenters. The zero-order valence-corrected chi connectivity index (χ0v) is 8.90. The highest BCUT2D eigenvalue weighted by Crippen LogP contribution is 1.99. The Bertz CT molecular complexity index is 128. The Morgan fingerprint density at radius 1 is 1.64 bits per heavy atom. The Kier molecular flexibility index (Phi) is 4.83. The van der Waals surface area contributed by atoms with Crippen LogP contribution < -0.4 is 0 Å². The molecule has 11 heavy (non-hydrogen) atoms. The van der Waals surface area contributed by atoms with Gasteiger partial charge < -0.3 is 14.6 Å². The molecule has 1 N–H and O–H groups in total. The van der Waals surface area contributed by atoms with Crippen LogP contribution in [-0.4, -0.2) is 53.1 Å². The average molecular weight is 179 g/mol. The van der Waals surface area contributed by atoms with Crippen molar-refractivity contribution in [1.82, 2.24) is 4.90 Å². The van der Waals surface area contributed by atoms with Crippen LogP contribution in [-0.2, 0) is 9.47 Å². The van der Waals surface area contributed by atoms with Gasteiger partial charge in [-0.15, -0.1) is 0 Å². The number of methoxy groups -OCH3 is 2. The number of carbonyl (C=O) groups is 1. The molecule has 0 rings (SSSR count). The zero-order chi connectivity index (χ0) is 8.85. The van der Waals surface area contributed by atoms with Gasteiger partial charge in [0.2, 0.25) is 6.41 Å². The summed E-state index contributed by atoms with van der Waals surface area (Å²) >= 11 is 0. The molecule has 0 aromatic heterocycles. The molecule has 0 saturated carbocycles. The lowest BCUT2D eigenvalue weighted by Crippen LogP contribution is -2.42. The number of nitrogens with zero attached hydrogens (tertiary/aromatic N) is 1. The third kappa shape index (κ3) is 2.87. The van der Waals surface area contributed by atoms with Crippen LogP contribution >= 0.6 is 0 Å². The molecule has 1 amide bonds. The second-order valence-electron chi connectivity index (χ2n) is 1.85. The molecule has 0 saturated heterocycles. The van der Waals surface area contributed by atoms with E-state index in [1.807, 2.05) is 0 Å². The van der Waals surface area contributed by atoms with Crippen LogP contribution in [0.4, 0.5) is 4.79 Å². The van der Waals surface area contributed by atoms with E-state index in [0.29, 0.717) is 6.17 Å². The maximum atomic E-state index is 10.5. The predicted octanol–water partition coefficient (Wildman–Crippen LogP) is -1.13. The molecule has 0 radical (unpaired) electrons. The maximum absolute atomic E-state index is 10.5. The fourth-order valence-electron chi connectivity index (χ4n) is 0.725. The van der Waals surface area contributed by atoms with Crippen molar-refractivity contribution in [3.63, 3.8) is 0 Å². The monoisotopic (exact) mass is 179 g/mol. The van der Waals surface area contributed by atoms with Gasteiger partial charge in [-0.3, -0.25) is 4.90 Å². The summed E-state index contributed by atoms with van der Waals surface area (Å²) in [6, 6.07) is 0. The summed E-state index contributed by atoms with van der Waals surface area (Å²) in [5.74, 6) is 0. The molecule has 0 aromatic rings. The molecule has 0 heterocycles. The molecular weight excluding hydrogens is 166 g/mol. The van der Waals surface area contributed by atoms with E-state index in [1.165, 1.54) is 14.2 Å². The van der Waals surface area contributed by atoms with Crippen LogP contribution in [0.15, 0.2) is 0 Å². The zero-order valence-electron chi connectivity index (χ0n) is 6.90. The van der Waals surface area contributed by atoms with Crippen LogP contribution in [0, 0.1) is 0 Å². The molecule has 0 spiro atoms. The van der Waals surface area contributed by atoms with Crippen molar-refractivity contribution in [2.24, 2.45) is 0 Å². The Labute approximate surface area is 68.3 Å². The molecule has 0 aliphatic heterocycles. The molecule has 0 fully saturated rings. The average Bonchev–Trinajstić information content (AvgIpc) is 1.99. The van der Waals surface area contributed by atoms with Gasteiger partial charge in [-0.25, -0.2) is 4.79 Å². The molecule has 0 atom stereocenters. The van der Waals surface area contributed by atoms with Crippen molar-refractivity contribution < 1.29 is 19.4 Å². The second-order valence-corrected chi connectivity index (χ2v) is 2.48. The van der Waals surface area contributed by atoms with E-state index in [4.69, 9.17) is 14.6 Å². The summed E-state index contributed by atoms with van der Waals surface area (Å²) in [6.07, 6.45) is -1.32. The fourth-order valence-corrected chi connectivity index (χ4v) is 1.29. The van der Waals surface area contributed by atoms with E-state index in [9.17, 15) is 4.79 Å². The quantitative estimate of drug-likeness (QED) is 0.438. The lowest BCUT2D eigenvalue weighted by molar-refractivity contribution is -0.177. The van der Waals surface area contributed by atoms with E-state index >= 15 is 0 Å². The highest BCUT2D eigenvalue weighted by Gasteiger charge is 2.19. The van der Waals surface area contributed by atoms with Crippen molar-refractivity contribution in [1.29, 1.82) is 0 Å². The number of carboxylic acid groups (broad SMARTS) is 1. The van der Waals surface area contributed by atoms with Crippen molar-refractivity contribution in [2.75, 3.05) is 20.4 Å². The highest BCUT2D eigenvalue weighted by molar-refractivity contribution is 6.09. The van der Waals surface area contributed by atoms with Crippen LogP contribution in [0.5, 0.6) is 0 Å². The topological polar surface area (TPSA) is 59.0 Å². The number of hydrogen-bond donors (Lipinski definition) is 1. The Morgan fingerprint density at radius 2 is 2.09 bits per heavy atom. The minimum absolute atomic E-state index is 0.474. The largest absolute Gasteiger partial charge is 0.465 e. The highest BCUT2D eigenvalue weighted by atomic mass is 28.1. The normalized spacial score (nSPS) is 10.5. The van der Waals surface area contributed by atoms with Crippen LogP contribution in [0.3, 0.4) is 0 Å². The minimum atomic E-state index is -1.02. The van der Waals surface area contributed by atoms with Crippen LogP contribution in [0.1, 0.15) is 0 Å². The molecular formula is C5H13NO4Si. The first kappa shape index (κ1) is 10.4. The molecule has 0 aliphatic rings. The van der Waals surface area contributed by atoms with Crippen molar-refractivity contribution >= 4 is 16.3 Å². The third-order valence-corrected chi connectivity index (χ3v) is 1.93. The lowest BCUT2D eigenvalue weighted by Gasteiger charge is -2.24. The summed E-state index contributed by atoms with van der Waals surface area (Å²) in [5, 5.41) is 8.59. The number of rotatable bonds is 4. The summed E-state index contributed by atoms with van der Waals surface area (Å²) in [4.78, 5) is 11.6. The van der Waals surface area contributed by atoms with E-state index in [2.05, 4.69) is 0 Å². The summed E-state index contributed by atoms with van der Waals surface area (Å²) in [5.41, 5.74) is 0. The maximum Gasteiger partial charge on any atom is 0.410 e. The number of hydrogen-bond acceptors (Lipinski definition) is 3. The van der Waals surface area contributed by atoms with Gasteiger partial charge in [0.05, 0.1) is 0 Å². The first-order valence-electron chi connectivity index (χ1n) is 3.22. The van der Waals surface area contributed by atoms with Gasteiger partial charge >= 0.3 is 6.09 Å². The predicted molar refractivity (Wildman–Crippen MR) is 42.5 cm³/mol. The lowest BCUT2D eigenvalue weighted by atomic mass is 10.8. The van der Waals surface area contributed by atoms with E-state index in [-0.39, 0.29) is 0 Å². The van der Waals surface area contributed by atoms with Gasteiger partial charge in [-0.2, -0.15) is 0 Å². The van der Waals surface area contributed by atoms with Gasteiger partial charge in [-0.05, 0) is 0 Å². The van der Waals surface area contributed by atoms with Gasteiger partial charge in [0.1, 0.15) is 0 Å². The third-order valence-electron chi connectivity index (χ3n) is 1.24. The molecule has 0 aromatic carbocycles. The number of amides is 1. The SMILES string of the molecule is COC(OC)N(C[SiH3])C(=O)O. The van der Waals surface area contributed by atoms with Gasteiger partial charge in [0.25, 0.3) is 0 Å². The standard InChI is InChI=1S/C5H13NO4Si/c1-9-5(10-2)6(3-11)4(7)8/h5H,3H2,1-2,11H3,(H,7,8). The van der Waals surface area contributed by atoms with Crippen LogP contribution in [0.2, 0.25) is 0 Å². The van der Waals surface area contributed by atoms with Crippen molar-refractivity contribution in [3.8, 4) is 0 Å². The van der Waals surface area contributed by atoms with Crippen molar-refractivity contribution in [3.05, 3.63) is 0 Å². The summed E-state index contributed by atoms with van der Waals surface area (Å²) < 4.78 is 9.52. The molecule has 6 heteroatoms. The second kappa shape index (κ2) is 5.11. The first-order valence-corrected chi connectivity index (χ1v) is 4.63. The Morgan fingerprint density at radius 3 is 2.18 bits per heavy atom. The summed E-state index contributed by atoms with van der Waals surface area (Å²) in [7, 11) is 3.57. The molecule has 0 aliphatic carbocycles. The minimum Gasteiger partial charge on any atom is -0.465 e. The number of ether oxygens (including phenoxy) is 2. The summed E-state index contributed by atoms with van der Waals surface area (Å²) in [6.45, 7) is 0. The van der Waals surface area contributed by atoms with E-state index < -0.39 is 12.5 Å². The molecule has 0 bridgehead atoms. The molecule has 66 valence electrons. The molecule has 5 nitrogen and oxygen atoms in total. The fraction of sp³-hybridized carbons (Fsp3) is 0.800. The smallest absolute Gasteiger partial charge is 0.410 e. The van der Waals surface area contributed by atoms with Gasteiger partial charge in [-0.1, -0.05) is 0 Å².